The summed E-state index contributed by atoms with van der Waals surface area (Å²) in [5.74, 6) is 1.01. The van der Waals surface area contributed by atoms with Gasteiger partial charge in [0.2, 0.25) is 0 Å². The van der Waals surface area contributed by atoms with E-state index in [-0.39, 0.29) is 24.5 Å². The first kappa shape index (κ1) is 17.4. The maximum atomic E-state index is 13.2. The Bertz CT molecular complexity index is 883. The van der Waals surface area contributed by atoms with Crippen molar-refractivity contribution in [1.29, 1.82) is 0 Å². The number of nitrogens with one attached hydrogen (secondary N) is 2. The van der Waals surface area contributed by atoms with Crippen LogP contribution in [-0.2, 0) is 4.79 Å². The third kappa shape index (κ3) is 3.33. The summed E-state index contributed by atoms with van der Waals surface area (Å²) in [6, 6.07) is 12.8. The summed E-state index contributed by atoms with van der Waals surface area (Å²) >= 11 is 0. The molecule has 2 aliphatic rings. The average molecular weight is 367 g/mol. The van der Waals surface area contributed by atoms with Crippen LogP contribution >= 0.6 is 0 Å². The maximum Gasteiger partial charge on any atom is 0.262 e. The highest BCUT2D eigenvalue weighted by Gasteiger charge is 2.31. The molecule has 1 unspecified atom stereocenters. The summed E-state index contributed by atoms with van der Waals surface area (Å²) in [5, 5.41) is 6.09. The van der Waals surface area contributed by atoms with Gasteiger partial charge in [-0.15, -0.1) is 0 Å². The molecule has 0 saturated carbocycles. The van der Waals surface area contributed by atoms with Crippen molar-refractivity contribution in [3.05, 3.63) is 53.6 Å². The van der Waals surface area contributed by atoms with Crippen LogP contribution < -0.4 is 20.1 Å². The van der Waals surface area contributed by atoms with Crippen LogP contribution in [0.5, 0.6) is 11.5 Å². The summed E-state index contributed by atoms with van der Waals surface area (Å²) in [4.78, 5) is 26.5. The highest BCUT2D eigenvalue weighted by molar-refractivity contribution is 5.99. The zero-order valence-electron chi connectivity index (χ0n) is 15.0. The van der Waals surface area contributed by atoms with Gasteiger partial charge in [0.05, 0.1) is 18.8 Å². The van der Waals surface area contributed by atoms with Gasteiger partial charge in [0.25, 0.3) is 11.8 Å². The van der Waals surface area contributed by atoms with E-state index >= 15 is 0 Å². The number of nitrogens with zero attached hydrogens (tertiary/aromatic N) is 1. The molecule has 2 aromatic rings. The van der Waals surface area contributed by atoms with E-state index in [4.69, 9.17) is 9.47 Å². The van der Waals surface area contributed by atoms with Gasteiger partial charge in [0.15, 0.2) is 6.61 Å². The lowest BCUT2D eigenvalue weighted by Crippen LogP contribution is -2.48. The highest BCUT2D eigenvalue weighted by atomic mass is 16.5. The number of para-hydroxylation sites is 1. The molecule has 27 heavy (non-hydrogen) atoms. The van der Waals surface area contributed by atoms with Crippen LogP contribution in [0.3, 0.4) is 0 Å². The van der Waals surface area contributed by atoms with E-state index in [0.29, 0.717) is 30.1 Å². The number of fused-ring (bicyclic) bond motifs is 1. The fourth-order valence-corrected chi connectivity index (χ4v) is 3.54. The number of benzene rings is 2. The molecule has 4 rings (SSSR count). The molecular weight excluding hydrogens is 346 g/mol. The number of rotatable bonds is 3. The van der Waals surface area contributed by atoms with Crippen molar-refractivity contribution in [3.8, 4) is 11.5 Å². The van der Waals surface area contributed by atoms with Gasteiger partial charge >= 0.3 is 0 Å². The maximum absolute atomic E-state index is 13.2. The van der Waals surface area contributed by atoms with E-state index in [1.165, 1.54) is 0 Å². The molecule has 7 nitrogen and oxygen atoms in total. The van der Waals surface area contributed by atoms with Crippen molar-refractivity contribution in [3.63, 3.8) is 0 Å². The molecule has 0 aromatic heterocycles. The van der Waals surface area contributed by atoms with Crippen LogP contribution in [0, 0.1) is 0 Å². The fourth-order valence-electron chi connectivity index (χ4n) is 3.54. The minimum Gasteiger partial charge on any atom is -0.496 e. The van der Waals surface area contributed by atoms with Crippen molar-refractivity contribution in [2.24, 2.45) is 0 Å². The Labute approximate surface area is 157 Å². The first-order valence-electron chi connectivity index (χ1n) is 8.88. The van der Waals surface area contributed by atoms with Gasteiger partial charge in [-0.05, 0) is 24.3 Å². The number of amides is 2. The van der Waals surface area contributed by atoms with Crippen LogP contribution in [0.1, 0.15) is 22.0 Å². The first-order chi connectivity index (χ1) is 13.2. The van der Waals surface area contributed by atoms with Crippen molar-refractivity contribution in [1.82, 2.24) is 10.2 Å². The largest absolute Gasteiger partial charge is 0.496 e. The summed E-state index contributed by atoms with van der Waals surface area (Å²) in [6.07, 6.45) is 0. The molecular formula is C20H21N3O4. The monoisotopic (exact) mass is 367 g/mol. The van der Waals surface area contributed by atoms with Gasteiger partial charge < -0.3 is 25.0 Å². The summed E-state index contributed by atoms with van der Waals surface area (Å²) in [5.41, 5.74) is 2.10. The van der Waals surface area contributed by atoms with Crippen LogP contribution in [0.4, 0.5) is 5.69 Å². The second-order valence-corrected chi connectivity index (χ2v) is 6.51. The van der Waals surface area contributed by atoms with E-state index in [9.17, 15) is 9.59 Å². The van der Waals surface area contributed by atoms with E-state index in [1.807, 2.05) is 29.2 Å². The second kappa shape index (κ2) is 7.28. The molecule has 1 fully saturated rings. The van der Waals surface area contributed by atoms with E-state index in [0.717, 1.165) is 17.9 Å². The molecule has 2 aliphatic heterocycles. The van der Waals surface area contributed by atoms with E-state index in [1.54, 1.807) is 25.3 Å². The van der Waals surface area contributed by atoms with Gasteiger partial charge in [-0.25, -0.2) is 0 Å². The lowest BCUT2D eigenvalue weighted by Gasteiger charge is -2.37. The smallest absolute Gasteiger partial charge is 0.262 e. The third-order valence-corrected chi connectivity index (χ3v) is 4.86. The molecule has 2 heterocycles. The quantitative estimate of drug-likeness (QED) is 0.865. The van der Waals surface area contributed by atoms with E-state index < -0.39 is 0 Å². The predicted molar refractivity (Wildman–Crippen MR) is 100 cm³/mol. The summed E-state index contributed by atoms with van der Waals surface area (Å²) < 4.78 is 10.9. The molecule has 0 bridgehead atoms. The zero-order valence-corrected chi connectivity index (χ0v) is 15.0. The molecule has 2 N–H and O–H groups in total. The molecule has 0 aliphatic carbocycles. The molecule has 2 aromatic carbocycles. The van der Waals surface area contributed by atoms with E-state index in [2.05, 4.69) is 10.6 Å². The first-order valence-corrected chi connectivity index (χ1v) is 8.88. The number of carbonyl (C=O) groups excluding carboxylic acids is 2. The number of carbonyl (C=O) groups is 2. The van der Waals surface area contributed by atoms with Gasteiger partial charge in [-0.3, -0.25) is 9.59 Å². The van der Waals surface area contributed by atoms with Gasteiger partial charge in [0, 0.05) is 30.8 Å². The van der Waals surface area contributed by atoms with Gasteiger partial charge in [-0.1, -0.05) is 18.2 Å². The minimum atomic E-state index is -0.195. The van der Waals surface area contributed by atoms with Crippen LogP contribution in [0.15, 0.2) is 42.5 Å². The van der Waals surface area contributed by atoms with Crippen molar-refractivity contribution in [2.75, 3.05) is 38.7 Å². The molecule has 0 spiro atoms. The molecule has 1 atom stereocenters. The fraction of sp³-hybridized carbons (Fsp3) is 0.300. The zero-order chi connectivity index (χ0) is 18.8. The molecule has 140 valence electrons. The Morgan fingerprint density at radius 3 is 2.96 bits per heavy atom. The number of ether oxygens (including phenoxy) is 2. The van der Waals surface area contributed by atoms with Gasteiger partial charge in [0.1, 0.15) is 11.5 Å². The lowest BCUT2D eigenvalue weighted by atomic mass is 10.0. The topological polar surface area (TPSA) is 79.9 Å². The Morgan fingerprint density at radius 1 is 1.26 bits per heavy atom. The number of methoxy groups -OCH3 is 1. The Kier molecular flexibility index (Phi) is 4.68. The van der Waals surface area contributed by atoms with Crippen molar-refractivity contribution >= 4 is 17.5 Å². The number of piperazine rings is 1. The Morgan fingerprint density at radius 2 is 2.11 bits per heavy atom. The average Bonchev–Trinajstić information content (AvgIpc) is 2.72. The van der Waals surface area contributed by atoms with Crippen LogP contribution in [0.2, 0.25) is 0 Å². The lowest BCUT2D eigenvalue weighted by molar-refractivity contribution is -0.118. The molecule has 2 amide bonds. The number of hydrogen-bond donors (Lipinski definition) is 2. The standard InChI is InChI=1S/C20H21N3O4/c1-26-17-5-3-2-4-14(17)16-11-21-8-9-23(16)20(25)13-6-7-15-18(10-13)27-12-19(24)22-15/h2-7,10,16,21H,8-9,11-12H2,1H3,(H,22,24). The SMILES string of the molecule is COc1ccccc1C1CNCCN1C(=O)c1ccc2c(c1)OCC(=O)N2. The third-order valence-electron chi connectivity index (χ3n) is 4.86. The summed E-state index contributed by atoms with van der Waals surface area (Å²) in [6.45, 7) is 1.94. The highest BCUT2D eigenvalue weighted by Crippen LogP contribution is 2.33. The van der Waals surface area contributed by atoms with Crippen molar-refractivity contribution in [2.45, 2.75) is 6.04 Å². The van der Waals surface area contributed by atoms with Crippen molar-refractivity contribution < 1.29 is 19.1 Å². The van der Waals surface area contributed by atoms with Crippen LogP contribution in [-0.4, -0.2) is 50.1 Å². The van der Waals surface area contributed by atoms with Crippen LogP contribution in [0.25, 0.3) is 0 Å². The normalized spacial score (nSPS) is 18.9. The second-order valence-electron chi connectivity index (χ2n) is 6.51. The molecule has 7 heteroatoms. The molecule has 1 saturated heterocycles. The summed E-state index contributed by atoms with van der Waals surface area (Å²) in [7, 11) is 1.64. The Balaban J connectivity index is 1.64. The van der Waals surface area contributed by atoms with Gasteiger partial charge in [-0.2, -0.15) is 0 Å². The molecule has 0 radical (unpaired) electrons. The predicted octanol–water partition coefficient (Wildman–Crippen LogP) is 1.81. The number of anilines is 1. The minimum absolute atomic E-state index is 0.0396. The number of hydrogen-bond acceptors (Lipinski definition) is 5. The Hall–Kier alpha value is -3.06.